The van der Waals surface area contributed by atoms with Crippen LogP contribution in [0.2, 0.25) is 0 Å². The van der Waals surface area contributed by atoms with Crippen molar-refractivity contribution in [2.24, 2.45) is 0 Å². The summed E-state index contributed by atoms with van der Waals surface area (Å²) >= 11 is 0. The van der Waals surface area contributed by atoms with Gasteiger partial charge in [0.15, 0.2) is 0 Å². The third-order valence-corrected chi connectivity index (χ3v) is 5.42. The average Bonchev–Trinajstić information content (AvgIpc) is 3.46. The largest absolute Gasteiger partial charge is 0.497 e. The van der Waals surface area contributed by atoms with E-state index in [1.807, 2.05) is 47.5 Å². The lowest BCUT2D eigenvalue weighted by Crippen LogP contribution is -2.23. The maximum absolute atomic E-state index is 5.54. The molecule has 0 N–H and O–H groups in total. The molecule has 0 aliphatic carbocycles. The molecule has 160 valence electrons. The molecule has 2 aromatic carbocycles. The average molecular weight is 425 g/mol. The molecule has 0 bridgehead atoms. The Morgan fingerprint density at radius 3 is 2.44 bits per heavy atom. The summed E-state index contributed by atoms with van der Waals surface area (Å²) < 4.78 is 9.67. The molecule has 0 saturated carbocycles. The fourth-order valence-electron chi connectivity index (χ4n) is 4.00. The smallest absolute Gasteiger partial charge is 0.143 e. The summed E-state index contributed by atoms with van der Waals surface area (Å²) in [5.41, 5.74) is 5.64. The summed E-state index contributed by atoms with van der Waals surface area (Å²) in [4.78, 5) is 13.4. The highest BCUT2D eigenvalue weighted by atomic mass is 16.5. The first-order valence-electron chi connectivity index (χ1n) is 10.4. The van der Waals surface area contributed by atoms with Crippen LogP contribution in [-0.4, -0.2) is 36.4 Å². The van der Waals surface area contributed by atoms with Crippen LogP contribution in [-0.2, 0) is 5.54 Å². The van der Waals surface area contributed by atoms with Crippen molar-refractivity contribution in [3.05, 3.63) is 73.6 Å². The highest BCUT2D eigenvalue weighted by Crippen LogP contribution is 2.37. The van der Waals surface area contributed by atoms with E-state index in [4.69, 9.17) is 9.72 Å². The maximum Gasteiger partial charge on any atom is 0.143 e. The summed E-state index contributed by atoms with van der Waals surface area (Å²) in [5.74, 6) is 1.63. The lowest BCUT2D eigenvalue weighted by molar-refractivity contribution is 0.410. The summed E-state index contributed by atoms with van der Waals surface area (Å²) in [6, 6.07) is 14.2. The van der Waals surface area contributed by atoms with Crippen LogP contribution in [0.3, 0.4) is 0 Å². The molecule has 0 aliphatic rings. The minimum Gasteiger partial charge on any atom is -0.497 e. The molecule has 0 radical (unpaired) electrons. The predicted molar refractivity (Wildman–Crippen MR) is 125 cm³/mol. The second-order valence-corrected chi connectivity index (χ2v) is 8.61. The molecule has 0 saturated heterocycles. The van der Waals surface area contributed by atoms with Crippen molar-refractivity contribution in [3.8, 4) is 34.0 Å². The Labute approximate surface area is 186 Å². The minimum atomic E-state index is -0.202. The fourth-order valence-corrected chi connectivity index (χ4v) is 4.00. The monoisotopic (exact) mass is 424 g/mol. The molecule has 32 heavy (non-hydrogen) atoms. The molecular formula is C25H24N6O. The van der Waals surface area contributed by atoms with Crippen LogP contribution < -0.4 is 4.74 Å². The van der Waals surface area contributed by atoms with Gasteiger partial charge in [-0.25, -0.2) is 19.6 Å². The van der Waals surface area contributed by atoms with Gasteiger partial charge in [-0.05, 0) is 62.7 Å². The normalized spacial score (nSPS) is 11.8. The van der Waals surface area contributed by atoms with Gasteiger partial charge in [-0.2, -0.15) is 5.10 Å². The topological polar surface area (TPSA) is 70.7 Å². The van der Waals surface area contributed by atoms with E-state index < -0.39 is 0 Å². The van der Waals surface area contributed by atoms with Gasteiger partial charge in [-0.15, -0.1) is 0 Å². The Hall–Kier alpha value is -4.00. The molecule has 0 unspecified atom stereocenters. The van der Waals surface area contributed by atoms with E-state index in [1.165, 1.54) is 6.33 Å². The minimum absolute atomic E-state index is 0.202. The first-order chi connectivity index (χ1) is 15.5. The van der Waals surface area contributed by atoms with Gasteiger partial charge >= 0.3 is 0 Å². The molecule has 3 aromatic heterocycles. The van der Waals surface area contributed by atoms with Gasteiger partial charge in [0.1, 0.15) is 17.9 Å². The number of ether oxygens (including phenoxy) is 1. The number of nitrogens with zero attached hydrogens (tertiary/aromatic N) is 6. The molecule has 3 heterocycles. The summed E-state index contributed by atoms with van der Waals surface area (Å²) in [6.07, 6.45) is 8.87. The van der Waals surface area contributed by atoms with Crippen LogP contribution in [0.5, 0.6) is 5.75 Å². The van der Waals surface area contributed by atoms with Crippen molar-refractivity contribution >= 4 is 11.0 Å². The van der Waals surface area contributed by atoms with E-state index in [2.05, 4.69) is 58.6 Å². The number of imidazole rings is 1. The number of fused-ring (bicyclic) bond motifs is 1. The van der Waals surface area contributed by atoms with E-state index in [-0.39, 0.29) is 5.54 Å². The van der Waals surface area contributed by atoms with E-state index in [0.717, 1.165) is 45.0 Å². The molecule has 0 fully saturated rings. The van der Waals surface area contributed by atoms with E-state index in [1.54, 1.807) is 13.3 Å². The lowest BCUT2D eigenvalue weighted by Gasteiger charge is -2.25. The Morgan fingerprint density at radius 1 is 0.938 bits per heavy atom. The molecule has 7 heteroatoms. The third-order valence-electron chi connectivity index (χ3n) is 5.42. The zero-order chi connectivity index (χ0) is 22.3. The molecule has 0 aliphatic heterocycles. The molecule has 0 spiro atoms. The highest BCUT2D eigenvalue weighted by molar-refractivity contribution is 5.87. The Morgan fingerprint density at radius 2 is 1.75 bits per heavy atom. The Bertz CT molecular complexity index is 1380. The van der Waals surface area contributed by atoms with E-state index in [9.17, 15) is 0 Å². The molecule has 7 nitrogen and oxygen atoms in total. The zero-order valence-corrected chi connectivity index (χ0v) is 18.5. The second kappa shape index (κ2) is 7.60. The van der Waals surface area contributed by atoms with Gasteiger partial charge < -0.3 is 9.30 Å². The predicted octanol–water partition coefficient (Wildman–Crippen LogP) is 5.11. The van der Waals surface area contributed by atoms with Crippen LogP contribution in [0.1, 0.15) is 20.8 Å². The van der Waals surface area contributed by atoms with Crippen LogP contribution in [0.4, 0.5) is 0 Å². The summed E-state index contributed by atoms with van der Waals surface area (Å²) in [6.45, 7) is 6.55. The van der Waals surface area contributed by atoms with Crippen LogP contribution in [0.25, 0.3) is 39.2 Å². The van der Waals surface area contributed by atoms with Gasteiger partial charge in [0.25, 0.3) is 0 Å². The van der Waals surface area contributed by atoms with Crippen molar-refractivity contribution in [2.45, 2.75) is 26.3 Å². The molecule has 0 amide bonds. The number of benzene rings is 2. The van der Waals surface area contributed by atoms with E-state index >= 15 is 0 Å². The van der Waals surface area contributed by atoms with Crippen molar-refractivity contribution in [1.82, 2.24) is 29.3 Å². The first kappa shape index (κ1) is 19.9. The van der Waals surface area contributed by atoms with Crippen molar-refractivity contribution in [3.63, 3.8) is 0 Å². The summed E-state index contributed by atoms with van der Waals surface area (Å²) in [5, 5.41) is 4.45. The van der Waals surface area contributed by atoms with Crippen molar-refractivity contribution in [1.29, 1.82) is 0 Å². The molecule has 0 atom stereocenters. The third kappa shape index (κ3) is 3.41. The SMILES string of the molecule is COc1ccc(-n2cccn2)c(-c2nc3cc(-c4cncnc4)ccc3n2C(C)(C)C)c1. The van der Waals surface area contributed by atoms with Gasteiger partial charge in [0.2, 0.25) is 0 Å². The quantitative estimate of drug-likeness (QED) is 0.401. The van der Waals surface area contributed by atoms with Gasteiger partial charge in [0, 0.05) is 41.5 Å². The first-order valence-corrected chi connectivity index (χ1v) is 10.4. The van der Waals surface area contributed by atoms with Crippen LogP contribution in [0.15, 0.2) is 73.6 Å². The summed E-state index contributed by atoms with van der Waals surface area (Å²) in [7, 11) is 1.67. The van der Waals surface area contributed by atoms with Crippen LogP contribution in [0, 0.1) is 0 Å². The second-order valence-electron chi connectivity index (χ2n) is 8.61. The number of hydrogen-bond acceptors (Lipinski definition) is 5. The Balaban J connectivity index is 1.79. The zero-order valence-electron chi connectivity index (χ0n) is 18.5. The number of methoxy groups -OCH3 is 1. The Kier molecular flexibility index (Phi) is 4.74. The standard InChI is InChI=1S/C25H24N6O/c1-25(2,3)31-23-8-6-17(18-14-26-16-27-15-18)12-21(23)29-24(31)20-13-19(32-4)7-9-22(20)30-11-5-10-28-30/h5-16H,1-4H3. The maximum atomic E-state index is 5.54. The fraction of sp³-hybridized carbons (Fsp3) is 0.200. The van der Waals surface area contributed by atoms with Crippen LogP contribution >= 0.6 is 0 Å². The molecular weight excluding hydrogens is 400 g/mol. The lowest BCUT2D eigenvalue weighted by atomic mass is 10.0. The number of aromatic nitrogens is 6. The van der Waals surface area contributed by atoms with Gasteiger partial charge in [-0.3, -0.25) is 0 Å². The van der Waals surface area contributed by atoms with Gasteiger partial charge in [-0.1, -0.05) is 6.07 Å². The van der Waals surface area contributed by atoms with Crippen molar-refractivity contribution < 1.29 is 4.74 Å². The number of hydrogen-bond donors (Lipinski definition) is 0. The van der Waals surface area contributed by atoms with E-state index in [0.29, 0.717) is 0 Å². The van der Waals surface area contributed by atoms with Crippen molar-refractivity contribution in [2.75, 3.05) is 7.11 Å². The van der Waals surface area contributed by atoms with Gasteiger partial charge in [0.05, 0.1) is 23.8 Å². The molecule has 5 aromatic rings. The number of rotatable bonds is 4. The highest BCUT2D eigenvalue weighted by Gasteiger charge is 2.25. The molecule has 5 rings (SSSR count).